The number of aldehydes is 1. The lowest BCUT2D eigenvalue weighted by Crippen LogP contribution is -2.46. The van der Waals surface area contributed by atoms with Gasteiger partial charge in [0.25, 0.3) is 0 Å². The van der Waals surface area contributed by atoms with E-state index in [9.17, 15) is 4.79 Å². The molecule has 0 fully saturated rings. The van der Waals surface area contributed by atoms with Crippen LogP contribution in [0.25, 0.3) is 0 Å². The van der Waals surface area contributed by atoms with Crippen LogP contribution in [-0.4, -0.2) is 62.8 Å². The van der Waals surface area contributed by atoms with Crippen molar-refractivity contribution in [1.82, 2.24) is 0 Å². The molecular formula is C6H12O6. The summed E-state index contributed by atoms with van der Waals surface area (Å²) in [5, 5.41) is 43.5. The van der Waals surface area contributed by atoms with Crippen molar-refractivity contribution in [2.75, 3.05) is 6.61 Å². The van der Waals surface area contributed by atoms with Gasteiger partial charge >= 0.3 is 0 Å². The first kappa shape index (κ1) is 11.5. The molecule has 0 unspecified atom stereocenters. The van der Waals surface area contributed by atoms with Gasteiger partial charge in [0.1, 0.15) is 24.4 Å². The van der Waals surface area contributed by atoms with Gasteiger partial charge in [-0.2, -0.15) is 0 Å². The monoisotopic (exact) mass is 182 g/mol. The summed E-state index contributed by atoms with van der Waals surface area (Å²) in [5.41, 5.74) is 0. The van der Waals surface area contributed by atoms with Gasteiger partial charge in [-0.25, -0.2) is 0 Å². The highest BCUT2D eigenvalue weighted by Crippen LogP contribution is 2.02. The SMILES string of the molecule is O=C[C@H](O)[C@@H](O)[13C@H](O)[C@H](O)[13CH2]O. The van der Waals surface area contributed by atoms with Crippen LogP contribution in [0.15, 0.2) is 0 Å². The van der Waals surface area contributed by atoms with Crippen molar-refractivity contribution in [3.63, 3.8) is 0 Å². The molecule has 0 amide bonds. The number of rotatable bonds is 5. The first-order valence-corrected chi connectivity index (χ1v) is 3.33. The van der Waals surface area contributed by atoms with E-state index in [1.54, 1.807) is 0 Å². The van der Waals surface area contributed by atoms with Crippen LogP contribution < -0.4 is 0 Å². The van der Waals surface area contributed by atoms with E-state index in [0.717, 1.165) is 0 Å². The average Bonchev–Trinajstić information content (AvgIpc) is 2.12. The number of hydrogen-bond acceptors (Lipinski definition) is 6. The summed E-state index contributed by atoms with van der Waals surface area (Å²) in [6, 6.07) is 0. The Morgan fingerprint density at radius 1 is 1.08 bits per heavy atom. The maximum atomic E-state index is 9.90. The number of carbonyl (C=O) groups is 1. The summed E-state index contributed by atoms with van der Waals surface area (Å²) in [6.07, 6.45) is -6.84. The highest BCUT2D eigenvalue weighted by atomic mass is 16.5. The van der Waals surface area contributed by atoms with E-state index in [4.69, 9.17) is 25.5 Å². The van der Waals surface area contributed by atoms with E-state index < -0.39 is 31.0 Å². The summed E-state index contributed by atoms with van der Waals surface area (Å²) in [5.74, 6) is 0. The van der Waals surface area contributed by atoms with Gasteiger partial charge in [0.15, 0.2) is 6.29 Å². The average molecular weight is 182 g/mol. The van der Waals surface area contributed by atoms with Crippen molar-refractivity contribution in [3.05, 3.63) is 0 Å². The van der Waals surface area contributed by atoms with Crippen molar-refractivity contribution in [3.8, 4) is 0 Å². The van der Waals surface area contributed by atoms with Crippen molar-refractivity contribution < 1.29 is 30.3 Å². The summed E-state index contributed by atoms with van der Waals surface area (Å²) >= 11 is 0. The molecule has 4 atom stereocenters. The third kappa shape index (κ3) is 2.84. The van der Waals surface area contributed by atoms with E-state index >= 15 is 0 Å². The van der Waals surface area contributed by atoms with Gasteiger partial charge < -0.3 is 30.3 Å². The molecular weight excluding hydrogens is 170 g/mol. The predicted octanol–water partition coefficient (Wildman–Crippen LogP) is -3.38. The first-order valence-electron chi connectivity index (χ1n) is 3.33. The largest absolute Gasteiger partial charge is 0.394 e. The van der Waals surface area contributed by atoms with Gasteiger partial charge in [0.05, 0.1) is 6.61 Å². The van der Waals surface area contributed by atoms with Gasteiger partial charge in [-0.15, -0.1) is 0 Å². The first-order chi connectivity index (χ1) is 5.54. The molecule has 0 radical (unpaired) electrons. The third-order valence-corrected chi connectivity index (χ3v) is 1.42. The Hall–Kier alpha value is -0.530. The normalized spacial score (nSPS) is 21.1. The molecule has 0 aromatic carbocycles. The van der Waals surface area contributed by atoms with Crippen molar-refractivity contribution in [2.45, 2.75) is 24.4 Å². The van der Waals surface area contributed by atoms with E-state index in [1.165, 1.54) is 0 Å². The molecule has 0 aromatic rings. The Kier molecular flexibility index (Phi) is 4.95. The maximum Gasteiger partial charge on any atom is 0.151 e. The fourth-order valence-corrected chi connectivity index (χ4v) is 0.618. The number of aliphatic hydroxyl groups excluding tert-OH is 5. The molecule has 12 heavy (non-hydrogen) atoms. The van der Waals surface area contributed by atoms with Crippen LogP contribution in [0.1, 0.15) is 0 Å². The van der Waals surface area contributed by atoms with Crippen LogP contribution in [0.4, 0.5) is 0 Å². The molecule has 0 bridgehead atoms. The molecule has 0 rings (SSSR count). The van der Waals surface area contributed by atoms with Gasteiger partial charge in [-0.05, 0) is 0 Å². The van der Waals surface area contributed by atoms with Crippen LogP contribution >= 0.6 is 0 Å². The lowest BCUT2D eigenvalue weighted by Gasteiger charge is -2.22. The zero-order valence-corrected chi connectivity index (χ0v) is 6.24. The minimum absolute atomic E-state index is 0.0258. The Morgan fingerprint density at radius 2 is 1.58 bits per heavy atom. The van der Waals surface area contributed by atoms with E-state index in [-0.39, 0.29) is 6.29 Å². The topological polar surface area (TPSA) is 118 Å². The number of aliphatic hydroxyl groups is 5. The second kappa shape index (κ2) is 5.18. The van der Waals surface area contributed by atoms with Crippen molar-refractivity contribution in [2.24, 2.45) is 0 Å². The summed E-state index contributed by atoms with van der Waals surface area (Å²) in [7, 11) is 0. The third-order valence-electron chi connectivity index (χ3n) is 1.42. The number of carbonyl (C=O) groups excluding carboxylic acids is 1. The molecule has 6 nitrogen and oxygen atoms in total. The molecule has 0 aliphatic carbocycles. The highest BCUT2D eigenvalue weighted by Gasteiger charge is 2.29. The second-order valence-electron chi connectivity index (χ2n) is 2.36. The minimum atomic E-state index is -1.79. The van der Waals surface area contributed by atoms with Crippen LogP contribution in [0.2, 0.25) is 0 Å². The Labute approximate surface area is 68.7 Å². The van der Waals surface area contributed by atoms with Crippen molar-refractivity contribution in [1.29, 1.82) is 0 Å². The zero-order chi connectivity index (χ0) is 9.72. The number of hydrogen-bond donors (Lipinski definition) is 5. The molecule has 0 saturated heterocycles. The van der Waals surface area contributed by atoms with Crippen LogP contribution in [-0.2, 0) is 4.79 Å². The molecule has 0 saturated carbocycles. The van der Waals surface area contributed by atoms with Crippen LogP contribution in [0.5, 0.6) is 0 Å². The fourth-order valence-electron chi connectivity index (χ4n) is 0.618. The molecule has 5 N–H and O–H groups in total. The summed E-state index contributed by atoms with van der Waals surface area (Å²) < 4.78 is 0. The van der Waals surface area contributed by atoms with E-state index in [0.29, 0.717) is 0 Å². The molecule has 72 valence electrons. The Bertz CT molecular complexity index is 138. The lowest BCUT2D eigenvalue weighted by molar-refractivity contribution is -0.136. The molecule has 6 heteroatoms. The molecule has 0 spiro atoms. The standard InChI is InChI=1S/C6H12O6/c7-1-3(9)5(11)6(12)4(10)2-8/h1,3-6,8-12H,2H2/t3-,4+,5+,6+/m0/s1/i2+1,6+1. The van der Waals surface area contributed by atoms with Gasteiger partial charge in [0, 0.05) is 0 Å². The second-order valence-corrected chi connectivity index (χ2v) is 2.36. The van der Waals surface area contributed by atoms with Crippen molar-refractivity contribution >= 4 is 6.29 Å². The fraction of sp³-hybridized carbons (Fsp3) is 0.833. The molecule has 0 aromatic heterocycles. The summed E-state index contributed by atoms with van der Waals surface area (Å²) in [4.78, 5) is 9.90. The Morgan fingerprint density at radius 3 is 1.92 bits per heavy atom. The van der Waals surface area contributed by atoms with Gasteiger partial charge in [0.2, 0.25) is 0 Å². The summed E-state index contributed by atoms with van der Waals surface area (Å²) in [6.45, 7) is -0.760. The van der Waals surface area contributed by atoms with Crippen LogP contribution in [0, 0.1) is 0 Å². The highest BCUT2D eigenvalue weighted by molar-refractivity contribution is 5.56. The van der Waals surface area contributed by atoms with Gasteiger partial charge in [-0.1, -0.05) is 0 Å². The molecule has 0 aliphatic heterocycles. The van der Waals surface area contributed by atoms with E-state index in [2.05, 4.69) is 0 Å². The lowest BCUT2D eigenvalue weighted by atomic mass is 10.3. The predicted molar refractivity (Wildman–Crippen MR) is 37.2 cm³/mol. The zero-order valence-electron chi connectivity index (χ0n) is 6.24. The quantitative estimate of drug-likeness (QED) is 0.223. The van der Waals surface area contributed by atoms with Gasteiger partial charge in [-0.3, -0.25) is 0 Å². The molecule has 0 aliphatic rings. The van der Waals surface area contributed by atoms with E-state index in [1.807, 2.05) is 0 Å². The minimum Gasteiger partial charge on any atom is -0.394 e. The smallest absolute Gasteiger partial charge is 0.151 e. The molecule has 0 heterocycles. The maximum absolute atomic E-state index is 9.90. The Balaban J connectivity index is 4.07. The van der Waals surface area contributed by atoms with Crippen LogP contribution in [0.3, 0.4) is 0 Å².